The van der Waals surface area contributed by atoms with Crippen molar-refractivity contribution in [2.24, 2.45) is 0 Å². The molecular weight excluding hydrogens is 936 g/mol. The average molecular weight is 984 g/mol. The molecule has 0 N–H and O–H groups in total. The van der Waals surface area contributed by atoms with E-state index in [1.165, 1.54) is 27.6 Å². The Bertz CT molecular complexity index is 2990. The second-order valence-corrected chi connectivity index (χ2v) is 34.3. The van der Waals surface area contributed by atoms with Crippen molar-refractivity contribution in [3.05, 3.63) is 170 Å². The molecule has 0 radical (unpaired) electrons. The van der Waals surface area contributed by atoms with Crippen LogP contribution < -0.4 is 14.5 Å². The number of ether oxygens (including phenoxy) is 1. The predicted molar refractivity (Wildman–Crippen MR) is 245 cm³/mol. The van der Waals surface area contributed by atoms with E-state index in [4.69, 9.17) is 9.72 Å². The summed E-state index contributed by atoms with van der Waals surface area (Å²) in [7, 11) is -3.47. The second kappa shape index (κ2) is 15.4. The molecule has 0 saturated carbocycles. The molecule has 5 nitrogen and oxygen atoms in total. The summed E-state index contributed by atoms with van der Waals surface area (Å²) in [6, 6.07) is 56.4. The molecule has 0 bridgehead atoms. The van der Waals surface area contributed by atoms with Gasteiger partial charge in [-0.15, -0.1) is 29.7 Å². The third-order valence-electron chi connectivity index (χ3n) is 12.1. The fraction of sp³-hybridized carbons (Fsp3) is 0.176. The summed E-state index contributed by atoms with van der Waals surface area (Å²) in [5.41, 5.74) is 9.79. The molecule has 9 aromatic rings. The Morgan fingerprint density at radius 3 is 2.12 bits per heavy atom. The van der Waals surface area contributed by atoms with E-state index in [0.29, 0.717) is 11.5 Å². The first-order valence-corrected chi connectivity index (χ1v) is 27.6. The van der Waals surface area contributed by atoms with E-state index in [1.54, 1.807) is 0 Å². The third kappa shape index (κ3) is 7.24. The molecule has 3 aromatic heterocycles. The topological polar surface area (TPSA) is 35.9 Å². The fourth-order valence-electron chi connectivity index (χ4n) is 7.87. The van der Waals surface area contributed by atoms with Crippen molar-refractivity contribution in [3.8, 4) is 39.8 Å². The van der Waals surface area contributed by atoms with Crippen LogP contribution in [0, 0.1) is 18.5 Å². The second-order valence-electron chi connectivity index (χ2n) is 17.8. The predicted octanol–water partition coefficient (Wildman–Crippen LogP) is 11.9. The maximum Gasteiger partial charge on any atom is 0.268 e. The van der Waals surface area contributed by atoms with Crippen molar-refractivity contribution in [1.82, 2.24) is 14.1 Å². The molecule has 0 amide bonds. The summed E-state index contributed by atoms with van der Waals surface area (Å²) in [6.07, 6.45) is 5.74. The molecule has 0 atom stereocenters. The molecule has 298 valence electrons. The van der Waals surface area contributed by atoms with E-state index in [0.717, 1.165) is 44.3 Å². The Balaban J connectivity index is 0.00000484. The van der Waals surface area contributed by atoms with Crippen LogP contribution in [0.25, 0.3) is 61.2 Å². The molecule has 0 fully saturated rings. The molecule has 0 aliphatic heterocycles. The number of rotatable bonds is 8. The molecule has 6 aromatic carbocycles. The Morgan fingerprint density at radius 2 is 1.36 bits per heavy atom. The minimum atomic E-state index is -1.90. The molecule has 0 unspecified atom stereocenters. The van der Waals surface area contributed by atoms with Gasteiger partial charge in [-0.3, -0.25) is 4.57 Å². The van der Waals surface area contributed by atoms with Gasteiger partial charge in [0, 0.05) is 51.9 Å². The van der Waals surface area contributed by atoms with Crippen molar-refractivity contribution < 1.29 is 30.4 Å². The largest absolute Gasteiger partial charge is 0.510 e. The number of hydrogen-bond donors (Lipinski definition) is 0. The number of benzene rings is 6. The third-order valence-corrected chi connectivity index (χ3v) is 29.6. The van der Waals surface area contributed by atoms with Gasteiger partial charge in [0.15, 0.2) is 0 Å². The Morgan fingerprint density at radius 1 is 0.661 bits per heavy atom. The van der Waals surface area contributed by atoms with E-state index >= 15 is 0 Å². The zero-order valence-corrected chi connectivity index (χ0v) is 39.1. The summed E-state index contributed by atoms with van der Waals surface area (Å²) in [6.45, 7) is 19.3. The van der Waals surface area contributed by atoms with E-state index in [1.807, 2.05) is 24.4 Å². The normalized spacial score (nSPS) is 12.3. The van der Waals surface area contributed by atoms with Crippen LogP contribution in [-0.4, -0.2) is 29.3 Å². The van der Waals surface area contributed by atoms with Crippen molar-refractivity contribution in [1.29, 1.82) is 0 Å². The monoisotopic (exact) mass is 983 g/mol. The van der Waals surface area contributed by atoms with Crippen molar-refractivity contribution in [2.75, 3.05) is 0 Å². The molecule has 0 spiro atoms. The number of hydrogen-bond acceptors (Lipinski definition) is 2. The van der Waals surface area contributed by atoms with Crippen LogP contribution in [0.4, 0.5) is 0 Å². The van der Waals surface area contributed by atoms with Crippen molar-refractivity contribution in [3.63, 3.8) is 0 Å². The Hall–Kier alpha value is -5.34. The Kier molecular flexibility index (Phi) is 10.5. The van der Waals surface area contributed by atoms with Gasteiger partial charge in [0.1, 0.15) is 5.82 Å². The summed E-state index contributed by atoms with van der Waals surface area (Å²) in [4.78, 5) is 4.85. The van der Waals surface area contributed by atoms with E-state index in [-0.39, 0.29) is 26.5 Å². The van der Waals surface area contributed by atoms with Gasteiger partial charge in [-0.05, 0) is 56.6 Å². The average Bonchev–Trinajstić information content (AvgIpc) is 3.76. The van der Waals surface area contributed by atoms with Crippen LogP contribution >= 0.6 is 0 Å². The van der Waals surface area contributed by atoms with Gasteiger partial charge < -0.3 is 13.9 Å². The maximum atomic E-state index is 6.63. The minimum absolute atomic E-state index is 0. The summed E-state index contributed by atoms with van der Waals surface area (Å²) in [5, 5.41) is 3.70. The van der Waals surface area contributed by atoms with Crippen LogP contribution in [0.1, 0.15) is 26.3 Å². The van der Waals surface area contributed by atoms with Crippen LogP contribution in [0.15, 0.2) is 146 Å². The summed E-state index contributed by atoms with van der Waals surface area (Å²) < 4.78 is 13.2. The molecule has 0 saturated heterocycles. The zero-order valence-electron chi connectivity index (χ0n) is 34.9. The maximum absolute atomic E-state index is 6.63. The van der Waals surface area contributed by atoms with Gasteiger partial charge in [0.25, 0.3) is 6.33 Å². The van der Waals surface area contributed by atoms with E-state index in [2.05, 4.69) is 207 Å². The van der Waals surface area contributed by atoms with Crippen LogP contribution in [-0.2, 0) is 26.5 Å². The quantitative estimate of drug-likeness (QED) is 0.0864. The number of aromatic nitrogens is 4. The van der Waals surface area contributed by atoms with Gasteiger partial charge in [0.05, 0.1) is 24.3 Å². The van der Waals surface area contributed by atoms with Crippen LogP contribution in [0.5, 0.6) is 11.5 Å². The standard InChI is InChI=1S/C51H48N4OSi2.Pt/c1-51(2,3)37-30-31-52-49(32-37)55-44-24-13-12-22-42(44)43-29-28-40(34-47(43)55)56-39-21-16-20-38(33-39)53-35-54(46-26-15-14-25-45(46)53)50-41(36-18-10-9-11-19-36)23-17-27-48(50)58(7,8)57(4,5)6;/h9-32H,1-8H3;/q-2;. The van der Waals surface area contributed by atoms with E-state index in [9.17, 15) is 0 Å². The number of imidazole rings is 1. The van der Waals surface area contributed by atoms with Gasteiger partial charge in [-0.25, -0.2) is 4.98 Å². The Labute approximate surface area is 364 Å². The molecular formula is C51H48N4OPtSi2-2. The summed E-state index contributed by atoms with van der Waals surface area (Å²) >= 11 is 0. The van der Waals surface area contributed by atoms with Crippen LogP contribution in [0.3, 0.4) is 0 Å². The first-order valence-electron chi connectivity index (χ1n) is 20.1. The first-order chi connectivity index (χ1) is 27.8. The minimum Gasteiger partial charge on any atom is -0.510 e. The number of fused-ring (bicyclic) bond motifs is 4. The van der Waals surface area contributed by atoms with E-state index < -0.39 is 15.2 Å². The summed E-state index contributed by atoms with van der Waals surface area (Å²) in [5.74, 6) is 2.06. The fourth-order valence-corrected chi connectivity index (χ4v) is 13.1. The van der Waals surface area contributed by atoms with Crippen molar-refractivity contribution >= 4 is 53.2 Å². The molecule has 9 rings (SSSR count). The van der Waals surface area contributed by atoms with Crippen molar-refractivity contribution in [2.45, 2.75) is 58.9 Å². The van der Waals surface area contributed by atoms with Gasteiger partial charge in [-0.2, -0.15) is 18.2 Å². The smallest absolute Gasteiger partial charge is 0.268 e. The zero-order chi connectivity index (χ0) is 40.4. The number of para-hydroxylation sites is 4. The SMILES string of the molecule is CC(C)(C)c1ccnc(-n2c3[c-]c(Oc4[c-]c(-n5[c-][n+](-c6c(-c7ccccc7)cccc6[Si](C)(C)[Si](C)(C)C)c6ccccc65)ccc4)ccc3c3ccccc32)c1.[Pt]. The van der Waals surface area contributed by atoms with Gasteiger partial charge in [-0.1, -0.05) is 150 Å². The molecule has 8 heteroatoms. The molecule has 3 heterocycles. The van der Waals surface area contributed by atoms with Gasteiger partial charge in [0.2, 0.25) is 0 Å². The molecule has 0 aliphatic carbocycles. The van der Waals surface area contributed by atoms with Crippen LogP contribution in [0.2, 0.25) is 32.7 Å². The molecule has 59 heavy (non-hydrogen) atoms. The van der Waals surface area contributed by atoms with Gasteiger partial charge >= 0.3 is 0 Å². The number of nitrogens with zero attached hydrogens (tertiary/aromatic N) is 4. The number of pyridine rings is 1. The molecule has 0 aliphatic rings. The first kappa shape index (κ1) is 40.4.